The van der Waals surface area contributed by atoms with Crippen molar-refractivity contribution < 1.29 is 14.7 Å². The molecule has 2 unspecified atom stereocenters. The summed E-state index contributed by atoms with van der Waals surface area (Å²) < 4.78 is 2.26. The zero-order valence-electron chi connectivity index (χ0n) is 19.9. The fourth-order valence-electron chi connectivity index (χ4n) is 4.13. The Labute approximate surface area is 195 Å². The minimum atomic E-state index is -0.887. The number of hydrogen-bond donors (Lipinski definition) is 1. The number of rotatable bonds is 10. The molecule has 0 saturated carbocycles. The SMILES string of the molecule is CCC(C)n1c(Cc2ccccc2)nc2cc(C(=O)N=CC(CC(=O)O)CC(C)C)ccc21. The maximum Gasteiger partial charge on any atom is 0.303 e. The number of carbonyl (C=O) groups excluding carboxylic acids is 1. The third-order valence-corrected chi connectivity index (χ3v) is 5.86. The number of fused-ring (bicyclic) bond motifs is 1. The average Bonchev–Trinajstić information content (AvgIpc) is 3.13. The summed E-state index contributed by atoms with van der Waals surface area (Å²) >= 11 is 0. The van der Waals surface area contributed by atoms with Gasteiger partial charge in [-0.25, -0.2) is 9.98 Å². The van der Waals surface area contributed by atoms with Crippen molar-refractivity contribution in [2.24, 2.45) is 16.8 Å². The van der Waals surface area contributed by atoms with Crippen LogP contribution in [0.4, 0.5) is 0 Å². The summed E-state index contributed by atoms with van der Waals surface area (Å²) in [7, 11) is 0. The topological polar surface area (TPSA) is 84.5 Å². The van der Waals surface area contributed by atoms with Crippen molar-refractivity contribution in [1.29, 1.82) is 0 Å². The molecule has 1 aromatic heterocycles. The molecule has 1 amide bonds. The largest absolute Gasteiger partial charge is 0.481 e. The van der Waals surface area contributed by atoms with Crippen molar-refractivity contribution in [3.05, 3.63) is 65.5 Å². The highest BCUT2D eigenvalue weighted by molar-refractivity contribution is 6.01. The molecule has 0 spiro atoms. The van der Waals surface area contributed by atoms with Crippen molar-refractivity contribution in [2.45, 2.75) is 59.4 Å². The number of amides is 1. The van der Waals surface area contributed by atoms with Gasteiger partial charge in [0.2, 0.25) is 0 Å². The van der Waals surface area contributed by atoms with Crippen LogP contribution in [0.25, 0.3) is 11.0 Å². The average molecular weight is 448 g/mol. The quantitative estimate of drug-likeness (QED) is 0.389. The predicted molar refractivity (Wildman–Crippen MR) is 132 cm³/mol. The van der Waals surface area contributed by atoms with Crippen LogP contribution in [0.2, 0.25) is 0 Å². The molecule has 0 aliphatic heterocycles. The Morgan fingerprint density at radius 3 is 2.48 bits per heavy atom. The van der Waals surface area contributed by atoms with Gasteiger partial charge >= 0.3 is 5.97 Å². The van der Waals surface area contributed by atoms with Gasteiger partial charge in [0.25, 0.3) is 5.91 Å². The van der Waals surface area contributed by atoms with E-state index in [4.69, 9.17) is 10.1 Å². The van der Waals surface area contributed by atoms with Gasteiger partial charge in [0.15, 0.2) is 0 Å². The van der Waals surface area contributed by atoms with E-state index in [0.29, 0.717) is 24.3 Å². The van der Waals surface area contributed by atoms with E-state index in [1.807, 2.05) is 38.1 Å². The van der Waals surface area contributed by atoms with Crippen LogP contribution in [0.1, 0.15) is 74.7 Å². The number of imidazole rings is 1. The molecule has 6 nitrogen and oxygen atoms in total. The van der Waals surface area contributed by atoms with Gasteiger partial charge in [0.05, 0.1) is 17.5 Å². The Bertz CT molecular complexity index is 1130. The van der Waals surface area contributed by atoms with E-state index in [1.165, 1.54) is 11.8 Å². The molecule has 3 aromatic rings. The van der Waals surface area contributed by atoms with Gasteiger partial charge < -0.3 is 9.67 Å². The van der Waals surface area contributed by atoms with Gasteiger partial charge in [-0.3, -0.25) is 9.59 Å². The van der Waals surface area contributed by atoms with Crippen molar-refractivity contribution in [1.82, 2.24) is 9.55 Å². The first-order chi connectivity index (χ1) is 15.8. The van der Waals surface area contributed by atoms with Gasteiger partial charge in [-0.15, -0.1) is 0 Å². The zero-order chi connectivity index (χ0) is 24.0. The highest BCUT2D eigenvalue weighted by Gasteiger charge is 2.18. The lowest BCUT2D eigenvalue weighted by molar-refractivity contribution is -0.137. The van der Waals surface area contributed by atoms with Gasteiger partial charge in [-0.1, -0.05) is 51.1 Å². The highest BCUT2D eigenvalue weighted by Crippen LogP contribution is 2.26. The zero-order valence-corrected chi connectivity index (χ0v) is 19.9. The number of aliphatic carboxylic acids is 1. The molecule has 33 heavy (non-hydrogen) atoms. The molecule has 1 heterocycles. The van der Waals surface area contributed by atoms with Crippen molar-refractivity contribution in [3.8, 4) is 0 Å². The van der Waals surface area contributed by atoms with E-state index >= 15 is 0 Å². The van der Waals surface area contributed by atoms with E-state index in [9.17, 15) is 9.59 Å². The van der Waals surface area contributed by atoms with Crippen LogP contribution in [-0.4, -0.2) is 32.7 Å². The number of aromatic nitrogens is 2. The minimum absolute atomic E-state index is 0.0316. The second-order valence-electron chi connectivity index (χ2n) is 9.09. The standard InChI is InChI=1S/C27H33N3O3/c1-5-19(4)30-24-12-11-22(27(33)28-17-21(13-18(2)3)15-26(31)32)16-23(24)29-25(30)14-20-9-7-6-8-10-20/h6-12,16-19,21H,5,13-15H2,1-4H3,(H,31,32). The number of nitrogens with zero attached hydrogens (tertiary/aromatic N) is 3. The van der Waals surface area contributed by atoms with Crippen molar-refractivity contribution in [2.75, 3.05) is 0 Å². The van der Waals surface area contributed by atoms with Crippen LogP contribution in [0.15, 0.2) is 53.5 Å². The van der Waals surface area contributed by atoms with Crippen molar-refractivity contribution >= 4 is 29.1 Å². The number of benzene rings is 2. The Morgan fingerprint density at radius 2 is 1.85 bits per heavy atom. The second-order valence-corrected chi connectivity index (χ2v) is 9.09. The Hall–Kier alpha value is -3.28. The minimum Gasteiger partial charge on any atom is -0.481 e. The van der Waals surface area contributed by atoms with Gasteiger partial charge in [0, 0.05) is 30.2 Å². The first kappa shape index (κ1) is 24.4. The molecule has 0 bridgehead atoms. The van der Waals surface area contributed by atoms with Crippen LogP contribution in [0.5, 0.6) is 0 Å². The molecular weight excluding hydrogens is 414 g/mol. The van der Waals surface area contributed by atoms with Crippen LogP contribution in [0.3, 0.4) is 0 Å². The van der Waals surface area contributed by atoms with Crippen LogP contribution < -0.4 is 0 Å². The van der Waals surface area contributed by atoms with Gasteiger partial charge in [-0.05, 0) is 49.4 Å². The smallest absolute Gasteiger partial charge is 0.303 e. The molecule has 2 aromatic carbocycles. The molecule has 6 heteroatoms. The Morgan fingerprint density at radius 1 is 1.12 bits per heavy atom. The molecule has 0 radical (unpaired) electrons. The van der Waals surface area contributed by atoms with E-state index in [-0.39, 0.29) is 24.3 Å². The fraction of sp³-hybridized carbons (Fsp3) is 0.407. The molecule has 0 saturated heterocycles. The maximum atomic E-state index is 12.8. The second kappa shape index (κ2) is 11.0. The third kappa shape index (κ3) is 6.37. The summed E-state index contributed by atoms with van der Waals surface area (Å²) in [6, 6.07) is 16.0. The predicted octanol–water partition coefficient (Wildman–Crippen LogP) is 5.95. The van der Waals surface area contributed by atoms with E-state index in [1.54, 1.807) is 12.1 Å². The number of carboxylic acid groups (broad SMARTS) is 1. The van der Waals surface area contributed by atoms with Crippen LogP contribution in [0, 0.1) is 11.8 Å². The molecule has 1 N–H and O–H groups in total. The molecule has 174 valence electrons. The lowest BCUT2D eigenvalue weighted by atomic mass is 9.95. The monoisotopic (exact) mass is 447 g/mol. The molecule has 0 fully saturated rings. The first-order valence-corrected chi connectivity index (χ1v) is 11.6. The van der Waals surface area contributed by atoms with Gasteiger partial charge in [0.1, 0.15) is 5.82 Å². The lowest BCUT2D eigenvalue weighted by Gasteiger charge is -2.16. The van der Waals surface area contributed by atoms with Crippen LogP contribution in [-0.2, 0) is 11.2 Å². The van der Waals surface area contributed by atoms with Crippen molar-refractivity contribution in [3.63, 3.8) is 0 Å². The first-order valence-electron chi connectivity index (χ1n) is 11.6. The third-order valence-electron chi connectivity index (χ3n) is 5.86. The number of carboxylic acids is 1. The maximum absolute atomic E-state index is 12.8. The fourth-order valence-corrected chi connectivity index (χ4v) is 4.13. The number of aliphatic imine (C=N–C) groups is 1. The summed E-state index contributed by atoms with van der Waals surface area (Å²) in [6.45, 7) is 8.38. The lowest BCUT2D eigenvalue weighted by Crippen LogP contribution is -2.13. The van der Waals surface area contributed by atoms with E-state index in [2.05, 4.69) is 35.5 Å². The van der Waals surface area contributed by atoms with Crippen LogP contribution >= 0.6 is 0 Å². The summed E-state index contributed by atoms with van der Waals surface area (Å²) in [4.78, 5) is 32.9. The molecule has 0 aliphatic carbocycles. The number of hydrogen-bond acceptors (Lipinski definition) is 3. The summed E-state index contributed by atoms with van der Waals surface area (Å²) in [6.07, 6.45) is 3.83. The Balaban J connectivity index is 1.90. The molecule has 2 atom stereocenters. The molecule has 0 aliphatic rings. The molecule has 3 rings (SSSR count). The Kier molecular flexibility index (Phi) is 8.15. The summed E-state index contributed by atoms with van der Waals surface area (Å²) in [5, 5.41) is 9.14. The van der Waals surface area contributed by atoms with E-state index < -0.39 is 5.97 Å². The normalized spacial score (nSPS) is 13.6. The summed E-state index contributed by atoms with van der Waals surface area (Å²) in [5.41, 5.74) is 3.41. The van der Waals surface area contributed by atoms with E-state index in [0.717, 1.165) is 23.3 Å². The van der Waals surface area contributed by atoms with Gasteiger partial charge in [-0.2, -0.15) is 0 Å². The summed E-state index contributed by atoms with van der Waals surface area (Å²) in [5.74, 6) is -0.240. The molecular formula is C27H33N3O3. The number of carbonyl (C=O) groups is 2. The highest BCUT2D eigenvalue weighted by atomic mass is 16.4.